The predicted molar refractivity (Wildman–Crippen MR) is 79.1 cm³/mol. The molecule has 19 heavy (non-hydrogen) atoms. The van der Waals surface area contributed by atoms with E-state index >= 15 is 0 Å². The molecule has 0 unspecified atom stereocenters. The van der Waals surface area contributed by atoms with Gasteiger partial charge < -0.3 is 5.73 Å². The van der Waals surface area contributed by atoms with Gasteiger partial charge in [-0.25, -0.2) is 13.1 Å². The molecule has 1 aromatic rings. The third kappa shape index (κ3) is 6.71. The summed E-state index contributed by atoms with van der Waals surface area (Å²) in [5.74, 6) is 0.0334. The molecule has 0 aromatic heterocycles. The first-order valence-corrected chi connectivity index (χ1v) is 8.48. The van der Waals surface area contributed by atoms with Gasteiger partial charge in [-0.1, -0.05) is 50.5 Å². The highest BCUT2D eigenvalue weighted by molar-refractivity contribution is 7.88. The summed E-state index contributed by atoms with van der Waals surface area (Å²) < 4.78 is 26.3. The van der Waals surface area contributed by atoms with E-state index in [4.69, 9.17) is 5.73 Å². The second kappa shape index (κ2) is 8.30. The molecule has 0 aliphatic rings. The summed E-state index contributed by atoms with van der Waals surface area (Å²) in [6, 6.07) is 7.37. The van der Waals surface area contributed by atoms with E-state index in [0.29, 0.717) is 13.1 Å². The van der Waals surface area contributed by atoms with Crippen molar-refractivity contribution in [3.8, 4) is 0 Å². The zero-order valence-electron chi connectivity index (χ0n) is 11.6. The first kappa shape index (κ1) is 16.1. The first-order valence-electron chi connectivity index (χ1n) is 6.82. The number of unbranched alkanes of at least 4 members (excludes halogenated alkanes) is 3. The second-order valence-corrected chi connectivity index (χ2v) is 6.54. The van der Waals surface area contributed by atoms with E-state index in [0.717, 1.165) is 36.8 Å². The Morgan fingerprint density at radius 1 is 1.05 bits per heavy atom. The molecule has 5 heteroatoms. The van der Waals surface area contributed by atoms with E-state index in [1.807, 2.05) is 24.3 Å². The Bertz CT molecular complexity index is 455. The third-order valence-corrected chi connectivity index (χ3v) is 4.32. The van der Waals surface area contributed by atoms with Crippen LogP contribution in [0.2, 0.25) is 0 Å². The summed E-state index contributed by atoms with van der Waals surface area (Å²) in [6.07, 6.45) is 4.28. The van der Waals surface area contributed by atoms with Gasteiger partial charge >= 0.3 is 0 Å². The van der Waals surface area contributed by atoms with Gasteiger partial charge in [0.05, 0.1) is 5.75 Å². The number of sulfonamides is 1. The molecule has 0 heterocycles. The monoisotopic (exact) mass is 284 g/mol. The van der Waals surface area contributed by atoms with Crippen molar-refractivity contribution in [3.63, 3.8) is 0 Å². The van der Waals surface area contributed by atoms with Gasteiger partial charge in [0.2, 0.25) is 10.0 Å². The molecule has 108 valence electrons. The highest BCUT2D eigenvalue weighted by Crippen LogP contribution is 2.07. The van der Waals surface area contributed by atoms with E-state index in [9.17, 15) is 8.42 Å². The lowest BCUT2D eigenvalue weighted by molar-refractivity contribution is 0.573. The van der Waals surface area contributed by atoms with Crippen molar-refractivity contribution in [1.29, 1.82) is 0 Å². The van der Waals surface area contributed by atoms with Crippen LogP contribution in [0.5, 0.6) is 0 Å². The molecule has 0 saturated heterocycles. The van der Waals surface area contributed by atoms with Crippen LogP contribution in [0.4, 0.5) is 0 Å². The summed E-state index contributed by atoms with van der Waals surface area (Å²) in [5.41, 5.74) is 7.30. The van der Waals surface area contributed by atoms with Crippen molar-refractivity contribution in [2.75, 3.05) is 6.54 Å². The van der Waals surface area contributed by atoms with Crippen LogP contribution in [-0.2, 0) is 22.3 Å². The topological polar surface area (TPSA) is 72.2 Å². The quantitative estimate of drug-likeness (QED) is 0.682. The molecule has 0 amide bonds. The highest BCUT2D eigenvalue weighted by Gasteiger charge is 2.10. The minimum absolute atomic E-state index is 0.0334. The van der Waals surface area contributed by atoms with Gasteiger partial charge in [-0.05, 0) is 17.5 Å². The van der Waals surface area contributed by atoms with Crippen molar-refractivity contribution in [1.82, 2.24) is 4.72 Å². The lowest BCUT2D eigenvalue weighted by Gasteiger charge is -2.07. The predicted octanol–water partition coefficient (Wildman–Crippen LogP) is 2.14. The average molecular weight is 284 g/mol. The Morgan fingerprint density at radius 3 is 2.26 bits per heavy atom. The molecular formula is C14H24N2O2S. The van der Waals surface area contributed by atoms with Crippen molar-refractivity contribution < 1.29 is 8.42 Å². The van der Waals surface area contributed by atoms with Gasteiger partial charge in [-0.15, -0.1) is 0 Å². The molecule has 0 aliphatic carbocycles. The van der Waals surface area contributed by atoms with Crippen LogP contribution >= 0.6 is 0 Å². The number of hydrogen-bond acceptors (Lipinski definition) is 3. The molecule has 0 aliphatic heterocycles. The summed E-state index contributed by atoms with van der Waals surface area (Å²) >= 11 is 0. The maximum absolute atomic E-state index is 11.9. The number of nitrogens with two attached hydrogens (primary N) is 1. The third-order valence-electron chi connectivity index (χ3n) is 2.97. The van der Waals surface area contributed by atoms with Crippen molar-refractivity contribution in [2.24, 2.45) is 5.73 Å². The van der Waals surface area contributed by atoms with E-state index in [1.165, 1.54) is 0 Å². The largest absolute Gasteiger partial charge is 0.326 e. The fourth-order valence-corrected chi connectivity index (χ4v) is 3.01. The number of rotatable bonds is 9. The SMILES string of the molecule is CCCCCCNS(=O)(=O)Cc1ccc(CN)cc1. The smallest absolute Gasteiger partial charge is 0.215 e. The van der Waals surface area contributed by atoms with Crippen LogP contribution in [-0.4, -0.2) is 15.0 Å². The van der Waals surface area contributed by atoms with Crippen molar-refractivity contribution >= 4 is 10.0 Å². The van der Waals surface area contributed by atoms with E-state index in [1.54, 1.807) is 0 Å². The van der Waals surface area contributed by atoms with Crippen LogP contribution in [0.3, 0.4) is 0 Å². The minimum atomic E-state index is -3.22. The van der Waals surface area contributed by atoms with Gasteiger partial charge in [0, 0.05) is 13.1 Å². The van der Waals surface area contributed by atoms with Crippen molar-refractivity contribution in [2.45, 2.75) is 44.9 Å². The van der Waals surface area contributed by atoms with Crippen molar-refractivity contribution in [3.05, 3.63) is 35.4 Å². The number of hydrogen-bond donors (Lipinski definition) is 2. The van der Waals surface area contributed by atoms with Crippen LogP contribution in [0, 0.1) is 0 Å². The van der Waals surface area contributed by atoms with Gasteiger partial charge in [-0.2, -0.15) is 0 Å². The van der Waals surface area contributed by atoms with Crippen LogP contribution < -0.4 is 10.5 Å². The summed E-state index contributed by atoms with van der Waals surface area (Å²) in [4.78, 5) is 0. The van der Waals surface area contributed by atoms with Crippen LogP contribution in [0.15, 0.2) is 24.3 Å². The Labute approximate surface area is 116 Å². The van der Waals surface area contributed by atoms with Gasteiger partial charge in [0.1, 0.15) is 0 Å². The van der Waals surface area contributed by atoms with Gasteiger partial charge in [-0.3, -0.25) is 0 Å². The minimum Gasteiger partial charge on any atom is -0.326 e. The Morgan fingerprint density at radius 2 is 1.68 bits per heavy atom. The van der Waals surface area contributed by atoms with E-state index < -0.39 is 10.0 Å². The summed E-state index contributed by atoms with van der Waals surface area (Å²) in [5, 5.41) is 0. The van der Waals surface area contributed by atoms with Gasteiger partial charge in [0.25, 0.3) is 0 Å². The molecule has 1 rings (SSSR count). The molecule has 0 saturated carbocycles. The van der Waals surface area contributed by atoms with E-state index in [-0.39, 0.29) is 5.75 Å². The summed E-state index contributed by atoms with van der Waals surface area (Å²) in [7, 11) is -3.22. The van der Waals surface area contributed by atoms with Crippen LogP contribution in [0.1, 0.15) is 43.7 Å². The molecular weight excluding hydrogens is 260 g/mol. The standard InChI is InChI=1S/C14H24N2O2S/c1-2-3-4-5-10-16-19(17,18)12-14-8-6-13(11-15)7-9-14/h6-9,16H,2-5,10-12,15H2,1H3. The lowest BCUT2D eigenvalue weighted by atomic mass is 10.1. The Balaban J connectivity index is 2.40. The maximum atomic E-state index is 11.9. The zero-order chi connectivity index (χ0) is 14.1. The average Bonchev–Trinajstić information content (AvgIpc) is 2.39. The number of benzene rings is 1. The normalized spacial score (nSPS) is 11.7. The highest BCUT2D eigenvalue weighted by atomic mass is 32.2. The maximum Gasteiger partial charge on any atom is 0.215 e. The zero-order valence-corrected chi connectivity index (χ0v) is 12.4. The van der Waals surface area contributed by atoms with Gasteiger partial charge in [0.15, 0.2) is 0 Å². The fraction of sp³-hybridized carbons (Fsp3) is 0.571. The second-order valence-electron chi connectivity index (χ2n) is 4.73. The lowest BCUT2D eigenvalue weighted by Crippen LogP contribution is -2.26. The fourth-order valence-electron chi connectivity index (χ4n) is 1.82. The van der Waals surface area contributed by atoms with Crippen LogP contribution in [0.25, 0.3) is 0 Å². The molecule has 0 fully saturated rings. The molecule has 0 atom stereocenters. The molecule has 4 nitrogen and oxygen atoms in total. The molecule has 3 N–H and O–H groups in total. The molecule has 1 aromatic carbocycles. The van der Waals surface area contributed by atoms with E-state index in [2.05, 4.69) is 11.6 Å². The molecule has 0 spiro atoms. The molecule has 0 bridgehead atoms. The first-order chi connectivity index (χ1) is 9.07. The Hall–Kier alpha value is -0.910. The molecule has 0 radical (unpaired) electrons. The Kier molecular flexibility index (Phi) is 7.05. The summed E-state index contributed by atoms with van der Waals surface area (Å²) in [6.45, 7) is 3.14. The number of nitrogens with one attached hydrogen (secondary N) is 1.